The molecule has 37 heavy (non-hydrogen) atoms. The molecule has 2 amide bonds. The molecular weight excluding hydrogens is 492 g/mol. The number of piperidine rings is 1. The quantitative estimate of drug-likeness (QED) is 0.514. The predicted molar refractivity (Wildman–Crippen MR) is 144 cm³/mol. The number of ether oxygens (including phenoxy) is 1. The fourth-order valence-corrected chi connectivity index (χ4v) is 5.51. The summed E-state index contributed by atoms with van der Waals surface area (Å²) in [6.45, 7) is 2.07. The van der Waals surface area contributed by atoms with Gasteiger partial charge in [-0.3, -0.25) is 9.59 Å². The lowest BCUT2D eigenvalue weighted by molar-refractivity contribution is -0.137. The average molecular weight is 525 g/mol. The molecule has 2 fully saturated rings. The Morgan fingerprint density at radius 1 is 1.14 bits per heavy atom. The Hall–Kier alpha value is -3.33. The van der Waals surface area contributed by atoms with E-state index >= 15 is 0 Å². The van der Waals surface area contributed by atoms with Gasteiger partial charge in [-0.1, -0.05) is 24.4 Å². The van der Waals surface area contributed by atoms with Gasteiger partial charge in [-0.05, 0) is 43.5 Å². The van der Waals surface area contributed by atoms with E-state index in [4.69, 9.17) is 16.3 Å². The highest BCUT2D eigenvalue weighted by Crippen LogP contribution is 2.34. The molecule has 1 aliphatic carbocycles. The van der Waals surface area contributed by atoms with E-state index in [1.165, 1.54) is 19.2 Å². The number of rotatable bonds is 6. The van der Waals surface area contributed by atoms with Crippen LogP contribution in [-0.4, -0.2) is 59.5 Å². The smallest absolute Gasteiger partial charge is 0.247 e. The van der Waals surface area contributed by atoms with Gasteiger partial charge in [-0.25, -0.2) is 9.97 Å². The maximum atomic E-state index is 12.7. The summed E-state index contributed by atoms with van der Waals surface area (Å²) >= 11 is 6.59. The summed E-state index contributed by atoms with van der Waals surface area (Å²) < 4.78 is 6.22. The van der Waals surface area contributed by atoms with Crippen molar-refractivity contribution in [1.29, 1.82) is 0 Å². The Bertz CT molecular complexity index is 1190. The molecular formula is C27H33ClN6O3. The van der Waals surface area contributed by atoms with E-state index in [9.17, 15) is 9.59 Å². The summed E-state index contributed by atoms with van der Waals surface area (Å²) in [6.07, 6.45) is 9.92. The number of nitrogens with one attached hydrogen (secondary N) is 3. The molecule has 2 aromatic rings. The normalized spacial score (nSPS) is 18.3. The highest BCUT2D eigenvalue weighted by atomic mass is 35.5. The van der Waals surface area contributed by atoms with Crippen molar-refractivity contribution in [3.8, 4) is 5.75 Å². The number of nitrogens with zero attached hydrogens (tertiary/aromatic N) is 3. The Balaban J connectivity index is 1.23. The molecule has 196 valence electrons. The zero-order valence-electron chi connectivity index (χ0n) is 21.1. The summed E-state index contributed by atoms with van der Waals surface area (Å²) in [5.74, 6) is 2.28. The van der Waals surface area contributed by atoms with Crippen molar-refractivity contribution in [1.82, 2.24) is 20.2 Å². The van der Waals surface area contributed by atoms with Crippen LogP contribution in [0.2, 0.25) is 5.02 Å². The first kappa shape index (κ1) is 25.3. The number of amides is 2. The Kier molecular flexibility index (Phi) is 7.79. The van der Waals surface area contributed by atoms with Crippen LogP contribution in [0.15, 0.2) is 30.1 Å². The number of likely N-dealkylation sites (tertiary alicyclic amines) is 1. The van der Waals surface area contributed by atoms with Gasteiger partial charge in [0, 0.05) is 56.7 Å². The number of carbonyl (C=O) groups is 2. The molecule has 2 aliphatic heterocycles. The molecule has 0 bridgehead atoms. The van der Waals surface area contributed by atoms with Crippen LogP contribution < -0.4 is 20.7 Å². The third-order valence-corrected chi connectivity index (χ3v) is 7.65. The summed E-state index contributed by atoms with van der Waals surface area (Å²) in [5.41, 5.74) is 2.12. The summed E-state index contributed by atoms with van der Waals surface area (Å²) in [4.78, 5) is 35.7. The molecule has 1 aromatic heterocycles. The van der Waals surface area contributed by atoms with E-state index < -0.39 is 0 Å². The van der Waals surface area contributed by atoms with Gasteiger partial charge >= 0.3 is 0 Å². The van der Waals surface area contributed by atoms with E-state index in [0.29, 0.717) is 52.4 Å². The molecule has 1 aromatic carbocycles. The first-order chi connectivity index (χ1) is 18.0. The number of halogens is 1. The number of hydrogen-bond donors (Lipinski definition) is 3. The molecule has 9 nitrogen and oxygen atoms in total. The van der Waals surface area contributed by atoms with Crippen LogP contribution in [0.3, 0.4) is 0 Å². The van der Waals surface area contributed by atoms with Gasteiger partial charge in [0.1, 0.15) is 29.8 Å². The largest absolute Gasteiger partial charge is 0.489 e. The molecule has 3 N–H and O–H groups in total. The zero-order valence-corrected chi connectivity index (χ0v) is 21.8. The molecule has 3 heterocycles. The highest BCUT2D eigenvalue weighted by Gasteiger charge is 2.30. The number of aromatic nitrogens is 2. The Morgan fingerprint density at radius 3 is 2.65 bits per heavy atom. The summed E-state index contributed by atoms with van der Waals surface area (Å²) in [6, 6.07) is 5.55. The fourth-order valence-electron chi connectivity index (χ4n) is 5.29. The number of hydrogen-bond acceptors (Lipinski definition) is 7. The number of carbonyl (C=O) groups excluding carboxylic acids is 2. The molecule has 3 aliphatic rings. The lowest BCUT2D eigenvalue weighted by atomic mass is 10.0. The average Bonchev–Trinajstić information content (AvgIpc) is 3.36. The van der Waals surface area contributed by atoms with Crippen LogP contribution in [0.5, 0.6) is 5.75 Å². The number of likely N-dealkylation sites (N-methyl/N-ethyl adjacent to an activating group) is 1. The third kappa shape index (κ3) is 5.82. The van der Waals surface area contributed by atoms with Crippen LogP contribution in [0.25, 0.3) is 6.08 Å². The van der Waals surface area contributed by atoms with Crippen molar-refractivity contribution in [3.63, 3.8) is 0 Å². The highest BCUT2D eigenvalue weighted by molar-refractivity contribution is 6.32. The van der Waals surface area contributed by atoms with Gasteiger partial charge < -0.3 is 25.6 Å². The van der Waals surface area contributed by atoms with Crippen LogP contribution >= 0.6 is 11.6 Å². The van der Waals surface area contributed by atoms with Crippen LogP contribution in [0, 0.1) is 5.92 Å². The van der Waals surface area contributed by atoms with Crippen LogP contribution in [-0.2, 0) is 9.59 Å². The van der Waals surface area contributed by atoms with Crippen molar-refractivity contribution in [2.75, 3.05) is 37.3 Å². The second kappa shape index (κ2) is 11.4. The topological polar surface area (TPSA) is 108 Å². The van der Waals surface area contributed by atoms with E-state index in [1.807, 2.05) is 23.1 Å². The maximum Gasteiger partial charge on any atom is 0.247 e. The van der Waals surface area contributed by atoms with Gasteiger partial charge in [0.05, 0.1) is 10.6 Å². The molecule has 0 spiro atoms. The lowest BCUT2D eigenvalue weighted by Crippen LogP contribution is -2.44. The molecule has 0 unspecified atom stereocenters. The second-order valence-electron chi connectivity index (χ2n) is 9.80. The molecule has 0 radical (unpaired) electrons. The van der Waals surface area contributed by atoms with E-state index in [0.717, 1.165) is 44.5 Å². The Labute approximate surface area is 222 Å². The third-order valence-electron chi connectivity index (χ3n) is 7.35. The lowest BCUT2D eigenvalue weighted by Gasteiger charge is -2.33. The van der Waals surface area contributed by atoms with Crippen molar-refractivity contribution in [3.05, 3.63) is 40.7 Å². The summed E-state index contributed by atoms with van der Waals surface area (Å²) in [5, 5.41) is 9.74. The van der Waals surface area contributed by atoms with Crippen molar-refractivity contribution >= 4 is 46.8 Å². The van der Waals surface area contributed by atoms with Gasteiger partial charge in [0.15, 0.2) is 0 Å². The van der Waals surface area contributed by atoms with Crippen molar-refractivity contribution < 1.29 is 14.3 Å². The van der Waals surface area contributed by atoms with Gasteiger partial charge in [0.2, 0.25) is 11.8 Å². The molecule has 10 heteroatoms. The van der Waals surface area contributed by atoms with Crippen LogP contribution in [0.4, 0.5) is 17.3 Å². The van der Waals surface area contributed by atoms with Crippen LogP contribution in [0.1, 0.15) is 50.5 Å². The fraction of sp³-hybridized carbons (Fsp3) is 0.481. The molecule has 5 rings (SSSR count). The SMILES string of the molecule is CNC(=O)C1=Cc2c(ncnc2Nc2ccc(OC3CCN(C(=O)C4CCCC4)CC3)c(Cl)c2)NCC1. The van der Waals surface area contributed by atoms with Gasteiger partial charge in [-0.2, -0.15) is 0 Å². The predicted octanol–water partition coefficient (Wildman–Crippen LogP) is 4.38. The molecule has 1 saturated heterocycles. The molecule has 1 saturated carbocycles. The van der Waals surface area contributed by atoms with Crippen molar-refractivity contribution in [2.45, 2.75) is 51.0 Å². The first-order valence-corrected chi connectivity index (χ1v) is 13.4. The zero-order chi connectivity index (χ0) is 25.8. The number of benzene rings is 1. The second-order valence-corrected chi connectivity index (χ2v) is 10.2. The first-order valence-electron chi connectivity index (χ1n) is 13.1. The number of anilines is 3. The van der Waals surface area contributed by atoms with E-state index in [2.05, 4.69) is 25.9 Å². The van der Waals surface area contributed by atoms with E-state index in [1.54, 1.807) is 13.1 Å². The number of fused-ring (bicyclic) bond motifs is 1. The van der Waals surface area contributed by atoms with E-state index in [-0.39, 0.29) is 17.9 Å². The monoisotopic (exact) mass is 524 g/mol. The summed E-state index contributed by atoms with van der Waals surface area (Å²) in [7, 11) is 1.62. The Morgan fingerprint density at radius 2 is 1.92 bits per heavy atom. The minimum atomic E-state index is -0.122. The minimum absolute atomic E-state index is 0.0286. The van der Waals surface area contributed by atoms with Gasteiger partial charge in [-0.15, -0.1) is 0 Å². The molecule has 0 atom stereocenters. The maximum absolute atomic E-state index is 12.7. The van der Waals surface area contributed by atoms with Gasteiger partial charge in [0.25, 0.3) is 0 Å². The standard InChI is InChI=1S/C27H33ClN6O3/c1-29-26(35)18-8-11-30-24-21(14-18)25(32-16-31-24)33-19-6-7-23(22(28)15-19)37-20-9-12-34(13-10-20)27(36)17-4-2-3-5-17/h6-7,14-17,20H,2-5,8-13H2,1H3,(H,29,35)(H2,30,31,32,33). The minimum Gasteiger partial charge on any atom is -0.489 e. The van der Waals surface area contributed by atoms with Crippen molar-refractivity contribution in [2.24, 2.45) is 5.92 Å².